The third kappa shape index (κ3) is 3.57. The summed E-state index contributed by atoms with van der Waals surface area (Å²) in [7, 11) is 0. The lowest BCUT2D eigenvalue weighted by molar-refractivity contribution is -0.119. The van der Waals surface area contributed by atoms with E-state index in [1.165, 1.54) is 6.92 Å². The maximum atomic E-state index is 10.5. The van der Waals surface area contributed by atoms with Crippen molar-refractivity contribution in [2.45, 2.75) is 13.5 Å². The smallest absolute Gasteiger partial charge is 0.230 e. The Kier molecular flexibility index (Phi) is 3.28. The van der Waals surface area contributed by atoms with Crippen LogP contribution in [0.25, 0.3) is 0 Å². The summed E-state index contributed by atoms with van der Waals surface area (Å²) in [4.78, 5) is 10.5. The number of phenols is 1. The van der Waals surface area contributed by atoms with Crippen LogP contribution in [0.15, 0.2) is 24.3 Å². The Hall–Kier alpha value is -1.55. The van der Waals surface area contributed by atoms with E-state index in [-0.39, 0.29) is 11.7 Å². The molecule has 0 fully saturated rings. The summed E-state index contributed by atoms with van der Waals surface area (Å²) >= 11 is 0. The van der Waals surface area contributed by atoms with Crippen molar-refractivity contribution in [3.8, 4) is 5.75 Å². The number of phenolic OH excluding ortho intramolecular Hbond substituents is 1. The van der Waals surface area contributed by atoms with Crippen LogP contribution in [-0.4, -0.2) is 11.0 Å². The molecule has 0 aliphatic rings. The summed E-state index contributed by atoms with van der Waals surface area (Å²) in [5.41, 5.74) is 6.19. The molecule has 4 nitrogen and oxygen atoms in total. The zero-order valence-corrected chi connectivity index (χ0v) is 7.37. The summed E-state index contributed by atoms with van der Waals surface area (Å²) in [6.45, 7) is 1.98. The molecule has 4 heteroatoms. The first-order valence-electron chi connectivity index (χ1n) is 3.96. The molecular formula is C9H12N2O2. The highest BCUT2D eigenvalue weighted by Crippen LogP contribution is 2.08. The SMILES string of the molecule is CC(=O)NNCc1ccc(O)cc1. The van der Waals surface area contributed by atoms with Gasteiger partial charge in [0.05, 0.1) is 0 Å². The molecule has 0 heterocycles. The molecule has 1 aromatic rings. The maximum Gasteiger partial charge on any atom is 0.230 e. The van der Waals surface area contributed by atoms with Gasteiger partial charge in [0.2, 0.25) is 5.91 Å². The van der Waals surface area contributed by atoms with Crippen molar-refractivity contribution in [2.24, 2.45) is 0 Å². The van der Waals surface area contributed by atoms with Gasteiger partial charge in [0.25, 0.3) is 0 Å². The summed E-state index contributed by atoms with van der Waals surface area (Å²) in [6, 6.07) is 6.77. The molecule has 0 unspecified atom stereocenters. The minimum Gasteiger partial charge on any atom is -0.508 e. The van der Waals surface area contributed by atoms with Crippen LogP contribution in [-0.2, 0) is 11.3 Å². The molecule has 1 rings (SSSR count). The van der Waals surface area contributed by atoms with E-state index in [1.807, 2.05) is 0 Å². The molecule has 13 heavy (non-hydrogen) atoms. The van der Waals surface area contributed by atoms with Gasteiger partial charge in [-0.3, -0.25) is 10.2 Å². The second-order valence-electron chi connectivity index (χ2n) is 2.70. The van der Waals surface area contributed by atoms with Crippen LogP contribution in [0.4, 0.5) is 0 Å². The molecule has 70 valence electrons. The van der Waals surface area contributed by atoms with Crippen molar-refractivity contribution < 1.29 is 9.90 Å². The number of hydrogen-bond donors (Lipinski definition) is 3. The number of amides is 1. The topological polar surface area (TPSA) is 61.4 Å². The van der Waals surface area contributed by atoms with E-state index in [0.29, 0.717) is 6.54 Å². The summed E-state index contributed by atoms with van der Waals surface area (Å²) in [5.74, 6) is 0.113. The predicted molar refractivity (Wildman–Crippen MR) is 48.8 cm³/mol. The van der Waals surface area contributed by atoms with Gasteiger partial charge in [-0.25, -0.2) is 5.43 Å². The number of carbonyl (C=O) groups excluding carboxylic acids is 1. The Labute approximate surface area is 76.6 Å². The lowest BCUT2D eigenvalue weighted by Crippen LogP contribution is -2.34. The minimum atomic E-state index is -0.126. The Bertz CT molecular complexity index is 282. The standard InChI is InChI=1S/C9H12N2O2/c1-7(12)11-10-6-8-2-4-9(13)5-3-8/h2-5,10,13H,6H2,1H3,(H,11,12). The highest BCUT2D eigenvalue weighted by atomic mass is 16.3. The summed E-state index contributed by atoms with van der Waals surface area (Å²) < 4.78 is 0. The van der Waals surface area contributed by atoms with E-state index in [1.54, 1.807) is 24.3 Å². The van der Waals surface area contributed by atoms with Gasteiger partial charge in [-0.15, -0.1) is 0 Å². The van der Waals surface area contributed by atoms with Gasteiger partial charge in [0.1, 0.15) is 5.75 Å². The maximum absolute atomic E-state index is 10.5. The molecule has 0 atom stereocenters. The van der Waals surface area contributed by atoms with E-state index in [2.05, 4.69) is 10.9 Å². The van der Waals surface area contributed by atoms with E-state index < -0.39 is 0 Å². The van der Waals surface area contributed by atoms with Crippen LogP contribution in [0.5, 0.6) is 5.75 Å². The van der Waals surface area contributed by atoms with E-state index in [4.69, 9.17) is 5.11 Å². The average Bonchev–Trinajstić information content (AvgIpc) is 2.08. The predicted octanol–water partition coefficient (Wildman–Crippen LogP) is 0.533. The van der Waals surface area contributed by atoms with Crippen LogP contribution in [0.3, 0.4) is 0 Å². The molecule has 0 bridgehead atoms. The zero-order valence-electron chi connectivity index (χ0n) is 7.37. The normalized spacial score (nSPS) is 9.62. The number of carbonyl (C=O) groups is 1. The molecule has 0 saturated carbocycles. The average molecular weight is 180 g/mol. The van der Waals surface area contributed by atoms with Gasteiger partial charge < -0.3 is 5.11 Å². The molecule has 0 saturated heterocycles. The molecule has 3 N–H and O–H groups in total. The fourth-order valence-corrected chi connectivity index (χ4v) is 0.885. The molecule has 0 aliphatic heterocycles. The van der Waals surface area contributed by atoms with Crippen LogP contribution in [0, 0.1) is 0 Å². The van der Waals surface area contributed by atoms with Crippen molar-refractivity contribution in [1.29, 1.82) is 0 Å². The molecule has 0 radical (unpaired) electrons. The lowest BCUT2D eigenvalue weighted by atomic mass is 10.2. The number of rotatable bonds is 3. The molecule has 1 amide bonds. The van der Waals surface area contributed by atoms with Crippen LogP contribution >= 0.6 is 0 Å². The highest BCUT2D eigenvalue weighted by Gasteiger charge is 1.93. The number of hydrogen-bond acceptors (Lipinski definition) is 3. The number of hydrazine groups is 1. The van der Waals surface area contributed by atoms with Gasteiger partial charge in [-0.2, -0.15) is 0 Å². The first-order valence-corrected chi connectivity index (χ1v) is 3.96. The highest BCUT2D eigenvalue weighted by molar-refractivity contribution is 5.72. The van der Waals surface area contributed by atoms with Gasteiger partial charge in [-0.05, 0) is 17.7 Å². The molecule has 0 aliphatic carbocycles. The molecule has 0 spiro atoms. The van der Waals surface area contributed by atoms with Crippen molar-refractivity contribution >= 4 is 5.91 Å². The fraction of sp³-hybridized carbons (Fsp3) is 0.222. The first kappa shape index (κ1) is 9.54. The monoisotopic (exact) mass is 180 g/mol. The van der Waals surface area contributed by atoms with E-state index in [9.17, 15) is 4.79 Å². The second kappa shape index (κ2) is 4.47. The van der Waals surface area contributed by atoms with Gasteiger partial charge >= 0.3 is 0 Å². The Morgan fingerprint density at radius 1 is 1.38 bits per heavy atom. The number of nitrogens with one attached hydrogen (secondary N) is 2. The van der Waals surface area contributed by atoms with Crippen LogP contribution in [0.1, 0.15) is 12.5 Å². The largest absolute Gasteiger partial charge is 0.508 e. The van der Waals surface area contributed by atoms with Gasteiger partial charge in [-0.1, -0.05) is 12.1 Å². The van der Waals surface area contributed by atoms with Gasteiger partial charge in [0, 0.05) is 13.5 Å². The van der Waals surface area contributed by atoms with Crippen molar-refractivity contribution in [2.75, 3.05) is 0 Å². The van der Waals surface area contributed by atoms with Gasteiger partial charge in [0.15, 0.2) is 0 Å². The summed E-state index contributed by atoms with van der Waals surface area (Å²) in [6.07, 6.45) is 0. The molecule has 0 aromatic heterocycles. The Morgan fingerprint density at radius 3 is 2.54 bits per heavy atom. The zero-order chi connectivity index (χ0) is 9.68. The van der Waals surface area contributed by atoms with Crippen molar-refractivity contribution in [1.82, 2.24) is 10.9 Å². The minimum absolute atomic E-state index is 0.126. The Balaban J connectivity index is 2.37. The quantitative estimate of drug-likeness (QED) is 0.595. The fourth-order valence-electron chi connectivity index (χ4n) is 0.885. The van der Waals surface area contributed by atoms with E-state index >= 15 is 0 Å². The van der Waals surface area contributed by atoms with Crippen molar-refractivity contribution in [3.63, 3.8) is 0 Å². The molecule has 1 aromatic carbocycles. The Morgan fingerprint density at radius 2 is 2.00 bits per heavy atom. The third-order valence-electron chi connectivity index (χ3n) is 1.49. The second-order valence-corrected chi connectivity index (χ2v) is 2.70. The summed E-state index contributed by atoms with van der Waals surface area (Å²) in [5, 5.41) is 8.98. The number of benzene rings is 1. The van der Waals surface area contributed by atoms with Crippen molar-refractivity contribution in [3.05, 3.63) is 29.8 Å². The first-order chi connectivity index (χ1) is 6.18. The lowest BCUT2D eigenvalue weighted by Gasteiger charge is -2.04. The number of aromatic hydroxyl groups is 1. The van der Waals surface area contributed by atoms with E-state index in [0.717, 1.165) is 5.56 Å². The van der Waals surface area contributed by atoms with Crippen LogP contribution in [0.2, 0.25) is 0 Å². The van der Waals surface area contributed by atoms with Crippen LogP contribution < -0.4 is 10.9 Å². The molecular weight excluding hydrogens is 168 g/mol. The third-order valence-corrected chi connectivity index (χ3v) is 1.49.